The van der Waals surface area contributed by atoms with Crippen LogP contribution in [0.2, 0.25) is 0 Å². The molecular formula is C21H27N3O5. The number of fused-ring (bicyclic) bond motifs is 1. The van der Waals surface area contributed by atoms with E-state index in [0.717, 1.165) is 22.0 Å². The molecule has 0 spiro atoms. The second-order valence-electron chi connectivity index (χ2n) is 7.23. The van der Waals surface area contributed by atoms with Gasteiger partial charge < -0.3 is 25.6 Å². The van der Waals surface area contributed by atoms with Gasteiger partial charge in [0, 0.05) is 29.9 Å². The molecule has 0 aliphatic heterocycles. The van der Waals surface area contributed by atoms with E-state index in [9.17, 15) is 19.5 Å². The van der Waals surface area contributed by atoms with Crippen LogP contribution in [-0.2, 0) is 25.5 Å². The second kappa shape index (κ2) is 9.97. The third kappa shape index (κ3) is 5.99. The summed E-state index contributed by atoms with van der Waals surface area (Å²) >= 11 is 0. The molecule has 0 saturated carbocycles. The van der Waals surface area contributed by atoms with E-state index in [-0.39, 0.29) is 25.4 Å². The van der Waals surface area contributed by atoms with Gasteiger partial charge in [-0.3, -0.25) is 9.59 Å². The highest BCUT2D eigenvalue weighted by Gasteiger charge is 2.27. The normalized spacial score (nSPS) is 13.1. The van der Waals surface area contributed by atoms with E-state index >= 15 is 0 Å². The molecule has 156 valence electrons. The molecule has 0 radical (unpaired) electrons. The maximum absolute atomic E-state index is 12.5. The zero-order chi connectivity index (χ0) is 21.6. The summed E-state index contributed by atoms with van der Waals surface area (Å²) in [6.07, 6.45) is 0.634. The lowest BCUT2D eigenvalue weighted by molar-refractivity contribution is -0.152. The highest BCUT2D eigenvalue weighted by Crippen LogP contribution is 2.23. The molecule has 4 N–H and O–H groups in total. The summed E-state index contributed by atoms with van der Waals surface area (Å²) in [6, 6.07) is 4.70. The van der Waals surface area contributed by atoms with Crippen molar-refractivity contribution < 1.29 is 24.2 Å². The van der Waals surface area contributed by atoms with Crippen molar-refractivity contribution in [3.63, 3.8) is 0 Å². The number of ether oxygens (including phenoxy) is 1. The minimum atomic E-state index is -1.37. The number of aryl methyl sites for hydroxylation is 1. The maximum atomic E-state index is 12.5. The summed E-state index contributed by atoms with van der Waals surface area (Å²) in [5, 5.41) is 20.8. The van der Waals surface area contributed by atoms with Crippen LogP contribution in [0.1, 0.15) is 37.8 Å². The molecule has 0 aliphatic rings. The van der Waals surface area contributed by atoms with Gasteiger partial charge in [0.15, 0.2) is 5.78 Å². The molecular weight excluding hydrogens is 374 g/mol. The summed E-state index contributed by atoms with van der Waals surface area (Å²) in [6.45, 7) is 5.30. The number of aromatic nitrogens is 1. The van der Waals surface area contributed by atoms with Crippen LogP contribution >= 0.6 is 0 Å². The first-order valence-corrected chi connectivity index (χ1v) is 9.50. The van der Waals surface area contributed by atoms with Gasteiger partial charge in [-0.15, -0.1) is 0 Å². The fraction of sp³-hybridized carbons (Fsp3) is 0.429. The summed E-state index contributed by atoms with van der Waals surface area (Å²) in [4.78, 5) is 39.3. The highest BCUT2D eigenvalue weighted by atomic mass is 16.5. The number of benzene rings is 1. The standard InChI is InChI=1S/C21H27N3O5/c1-12(2)29-21(28)17(8-7-15(25)10-22)24-20(27)18(26)9-14-11-23-16-6-4-5-13(3)19(14)16/h4-6,10-12,17-18,22-23,26H,7-9H2,1-3H3,(H,24,27)/t17-,18-/m0/s1. The van der Waals surface area contributed by atoms with Gasteiger partial charge in [0.25, 0.3) is 0 Å². The van der Waals surface area contributed by atoms with Crippen molar-refractivity contribution in [2.75, 3.05) is 0 Å². The van der Waals surface area contributed by atoms with Crippen LogP contribution in [0.3, 0.4) is 0 Å². The number of hydrogen-bond donors (Lipinski definition) is 4. The molecule has 8 nitrogen and oxygen atoms in total. The number of H-pyrrole nitrogens is 1. The molecule has 0 bridgehead atoms. The summed E-state index contributed by atoms with van der Waals surface area (Å²) in [5.74, 6) is -1.86. The Balaban J connectivity index is 2.08. The topological polar surface area (TPSA) is 132 Å². The number of carbonyl (C=O) groups is 3. The monoisotopic (exact) mass is 401 g/mol. The van der Waals surface area contributed by atoms with Crippen molar-refractivity contribution in [3.05, 3.63) is 35.5 Å². The Bertz CT molecular complexity index is 903. The van der Waals surface area contributed by atoms with Crippen LogP contribution < -0.4 is 5.32 Å². The SMILES string of the molecule is Cc1cccc2[nH]cc(C[C@H](O)C(=O)N[C@@H](CCC(=O)C=N)C(=O)OC(C)C)c12. The fourth-order valence-corrected chi connectivity index (χ4v) is 3.10. The minimum absolute atomic E-state index is 0.00950. The average molecular weight is 401 g/mol. The van der Waals surface area contributed by atoms with Crippen molar-refractivity contribution in [1.29, 1.82) is 5.41 Å². The van der Waals surface area contributed by atoms with E-state index in [2.05, 4.69) is 10.3 Å². The Kier molecular flexibility index (Phi) is 7.67. The van der Waals surface area contributed by atoms with Gasteiger partial charge in [-0.25, -0.2) is 4.79 Å². The third-order valence-corrected chi connectivity index (χ3v) is 4.50. The Morgan fingerprint density at radius 2 is 2.03 bits per heavy atom. The van der Waals surface area contributed by atoms with Crippen molar-refractivity contribution >= 4 is 34.8 Å². The first-order chi connectivity index (χ1) is 13.7. The van der Waals surface area contributed by atoms with Crippen LogP contribution in [-0.4, -0.2) is 52.2 Å². The summed E-state index contributed by atoms with van der Waals surface area (Å²) < 4.78 is 5.13. The molecule has 1 heterocycles. The van der Waals surface area contributed by atoms with E-state index in [4.69, 9.17) is 10.1 Å². The Labute approximate surface area is 169 Å². The predicted molar refractivity (Wildman–Crippen MR) is 109 cm³/mol. The number of ketones is 1. The molecule has 0 fully saturated rings. The molecule has 1 aromatic carbocycles. The number of amides is 1. The number of rotatable bonds is 10. The first-order valence-electron chi connectivity index (χ1n) is 9.50. The Morgan fingerprint density at radius 3 is 2.69 bits per heavy atom. The quantitative estimate of drug-likeness (QED) is 0.356. The second-order valence-corrected chi connectivity index (χ2v) is 7.23. The minimum Gasteiger partial charge on any atom is -0.461 e. The molecule has 29 heavy (non-hydrogen) atoms. The Hall–Kier alpha value is -3.00. The lowest BCUT2D eigenvalue weighted by Crippen LogP contribution is -2.47. The van der Waals surface area contributed by atoms with Gasteiger partial charge in [0.05, 0.1) is 12.3 Å². The summed E-state index contributed by atoms with van der Waals surface area (Å²) in [5.41, 5.74) is 2.73. The van der Waals surface area contributed by atoms with E-state index in [1.807, 2.05) is 25.1 Å². The lowest BCUT2D eigenvalue weighted by Gasteiger charge is -2.20. The largest absolute Gasteiger partial charge is 0.461 e. The van der Waals surface area contributed by atoms with Crippen LogP contribution in [0.4, 0.5) is 0 Å². The maximum Gasteiger partial charge on any atom is 0.328 e. The van der Waals surface area contributed by atoms with E-state index in [0.29, 0.717) is 6.21 Å². The number of Topliss-reactive ketones (excluding diaryl/α,β-unsaturated/α-hetero) is 1. The van der Waals surface area contributed by atoms with E-state index < -0.39 is 29.8 Å². The zero-order valence-corrected chi connectivity index (χ0v) is 16.8. The van der Waals surface area contributed by atoms with Crippen LogP contribution in [0.25, 0.3) is 10.9 Å². The molecule has 2 rings (SSSR count). The van der Waals surface area contributed by atoms with E-state index in [1.165, 1.54) is 0 Å². The number of nitrogens with one attached hydrogen (secondary N) is 3. The molecule has 2 aromatic rings. The fourth-order valence-electron chi connectivity index (χ4n) is 3.10. The van der Waals surface area contributed by atoms with Gasteiger partial charge in [-0.05, 0) is 44.4 Å². The molecule has 2 atom stereocenters. The number of aliphatic hydroxyl groups excluding tert-OH is 1. The molecule has 1 amide bonds. The van der Waals surface area contributed by atoms with Gasteiger partial charge >= 0.3 is 5.97 Å². The Morgan fingerprint density at radius 1 is 1.31 bits per heavy atom. The van der Waals surface area contributed by atoms with Crippen molar-refractivity contribution in [2.24, 2.45) is 0 Å². The van der Waals surface area contributed by atoms with Crippen LogP contribution in [0.15, 0.2) is 24.4 Å². The first kappa shape index (κ1) is 22.3. The molecule has 1 aromatic heterocycles. The van der Waals surface area contributed by atoms with Gasteiger partial charge in [-0.1, -0.05) is 12.1 Å². The molecule has 0 aliphatic carbocycles. The van der Waals surface area contributed by atoms with Gasteiger partial charge in [0.2, 0.25) is 5.91 Å². The zero-order valence-electron chi connectivity index (χ0n) is 16.8. The van der Waals surface area contributed by atoms with Crippen LogP contribution in [0, 0.1) is 12.3 Å². The van der Waals surface area contributed by atoms with Crippen molar-refractivity contribution in [2.45, 2.75) is 58.3 Å². The average Bonchev–Trinajstić information content (AvgIpc) is 3.08. The van der Waals surface area contributed by atoms with Crippen molar-refractivity contribution in [3.8, 4) is 0 Å². The highest BCUT2D eigenvalue weighted by molar-refractivity contribution is 6.26. The van der Waals surface area contributed by atoms with E-state index in [1.54, 1.807) is 20.0 Å². The van der Waals surface area contributed by atoms with Crippen molar-refractivity contribution in [1.82, 2.24) is 10.3 Å². The lowest BCUT2D eigenvalue weighted by atomic mass is 10.0. The third-order valence-electron chi connectivity index (χ3n) is 4.50. The number of esters is 1. The number of hydrogen-bond acceptors (Lipinski definition) is 6. The summed E-state index contributed by atoms with van der Waals surface area (Å²) in [7, 11) is 0. The van der Waals surface area contributed by atoms with Gasteiger partial charge in [0.1, 0.15) is 12.1 Å². The van der Waals surface area contributed by atoms with Crippen LogP contribution in [0.5, 0.6) is 0 Å². The molecule has 0 saturated heterocycles. The number of aromatic amines is 1. The smallest absolute Gasteiger partial charge is 0.328 e. The van der Waals surface area contributed by atoms with Gasteiger partial charge in [-0.2, -0.15) is 0 Å². The molecule has 8 heteroatoms. The number of carbonyl (C=O) groups excluding carboxylic acids is 3. The predicted octanol–water partition coefficient (Wildman–Crippen LogP) is 1.81. The molecule has 0 unspecified atom stereocenters. The number of aliphatic hydroxyl groups is 1.